The van der Waals surface area contributed by atoms with Crippen LogP contribution in [0.25, 0.3) is 0 Å². The van der Waals surface area contributed by atoms with Crippen molar-refractivity contribution in [1.82, 2.24) is 5.32 Å². The first-order valence-electron chi connectivity index (χ1n) is 3.49. The molecule has 0 aliphatic heterocycles. The van der Waals surface area contributed by atoms with Crippen molar-refractivity contribution in [3.63, 3.8) is 0 Å². The van der Waals surface area contributed by atoms with Crippen LogP contribution in [0, 0.1) is 0 Å². The zero-order valence-corrected chi connectivity index (χ0v) is 7.51. The number of aliphatic hydroxyl groups excluding tert-OH is 1. The number of nitrogens with zero attached hydrogens (tertiary/aromatic N) is 1. The first-order valence-corrected chi connectivity index (χ1v) is 4.12. The molecule has 4 nitrogen and oxygen atoms in total. The number of guanidine groups is 1. The zero-order valence-electron chi connectivity index (χ0n) is 6.62. The van der Waals surface area contributed by atoms with E-state index in [1.54, 1.807) is 0 Å². The zero-order chi connectivity index (χ0) is 8.69. The van der Waals surface area contributed by atoms with Crippen LogP contribution in [-0.2, 0) is 0 Å². The van der Waals surface area contributed by atoms with E-state index >= 15 is 0 Å². The average Bonchev–Trinajstić information content (AvgIpc) is 2.00. The maximum atomic E-state index is 8.62. The minimum atomic E-state index is -0.0429. The van der Waals surface area contributed by atoms with Gasteiger partial charge in [0.15, 0.2) is 5.96 Å². The van der Waals surface area contributed by atoms with Crippen molar-refractivity contribution in [2.45, 2.75) is 13.0 Å². The predicted octanol–water partition coefficient (Wildman–Crippen LogP) is -0.799. The Balaban J connectivity index is 3.57. The second-order valence-corrected chi connectivity index (χ2v) is 2.67. The largest absolute Gasteiger partial charge is 0.394 e. The van der Waals surface area contributed by atoms with Crippen molar-refractivity contribution >= 4 is 18.6 Å². The minimum absolute atomic E-state index is 0.0429. The number of nitrogens with one attached hydrogen (secondary N) is 1. The van der Waals surface area contributed by atoms with Gasteiger partial charge in [0.1, 0.15) is 0 Å². The maximum Gasteiger partial charge on any atom is 0.188 e. The van der Waals surface area contributed by atoms with E-state index in [2.05, 4.69) is 22.9 Å². The van der Waals surface area contributed by atoms with E-state index in [0.29, 0.717) is 18.3 Å². The van der Waals surface area contributed by atoms with Crippen LogP contribution in [0.5, 0.6) is 0 Å². The van der Waals surface area contributed by atoms with Crippen LogP contribution >= 0.6 is 12.6 Å². The number of hydrogen-bond donors (Lipinski definition) is 4. The molecule has 0 bridgehead atoms. The summed E-state index contributed by atoms with van der Waals surface area (Å²) in [7, 11) is 0. The summed E-state index contributed by atoms with van der Waals surface area (Å²) in [5.74, 6) is 1.04. The fourth-order valence-electron chi connectivity index (χ4n) is 0.514. The van der Waals surface area contributed by atoms with E-state index in [-0.39, 0.29) is 12.6 Å². The molecular formula is C6H15N3OS. The summed E-state index contributed by atoms with van der Waals surface area (Å²) in [6, 6.07) is -0.0429. The van der Waals surface area contributed by atoms with Crippen LogP contribution in [-0.4, -0.2) is 36.0 Å². The number of rotatable bonds is 4. The summed E-state index contributed by atoms with van der Waals surface area (Å²) in [5.41, 5.74) is 5.43. The SMILES string of the molecule is CC(CO)NC(N)=NCCS. The van der Waals surface area contributed by atoms with E-state index < -0.39 is 0 Å². The Hall–Kier alpha value is -0.420. The predicted molar refractivity (Wildman–Crippen MR) is 50.0 cm³/mol. The minimum Gasteiger partial charge on any atom is -0.394 e. The third-order valence-electron chi connectivity index (χ3n) is 1.05. The van der Waals surface area contributed by atoms with E-state index in [1.807, 2.05) is 6.92 Å². The lowest BCUT2D eigenvalue weighted by Crippen LogP contribution is -2.40. The molecule has 1 atom stereocenters. The number of nitrogens with two attached hydrogens (primary N) is 1. The monoisotopic (exact) mass is 177 g/mol. The highest BCUT2D eigenvalue weighted by Crippen LogP contribution is 1.78. The fourth-order valence-corrected chi connectivity index (χ4v) is 0.614. The van der Waals surface area contributed by atoms with Crippen LogP contribution in [0.1, 0.15) is 6.92 Å². The van der Waals surface area contributed by atoms with Gasteiger partial charge in [0, 0.05) is 11.8 Å². The molecule has 4 N–H and O–H groups in total. The molecule has 66 valence electrons. The molecule has 0 aliphatic rings. The molecule has 0 radical (unpaired) electrons. The van der Waals surface area contributed by atoms with Gasteiger partial charge in [-0.25, -0.2) is 0 Å². The van der Waals surface area contributed by atoms with Gasteiger partial charge in [-0.2, -0.15) is 12.6 Å². The van der Waals surface area contributed by atoms with E-state index in [1.165, 1.54) is 0 Å². The Labute approximate surface area is 72.3 Å². The molecule has 0 aromatic carbocycles. The topological polar surface area (TPSA) is 70.6 Å². The van der Waals surface area contributed by atoms with E-state index in [0.717, 1.165) is 0 Å². The van der Waals surface area contributed by atoms with Crippen molar-refractivity contribution in [3.05, 3.63) is 0 Å². The molecule has 0 saturated carbocycles. The summed E-state index contributed by atoms with van der Waals surface area (Å²) in [4.78, 5) is 3.93. The standard InChI is InChI=1S/C6H15N3OS/c1-5(4-10)9-6(7)8-2-3-11/h5,10-11H,2-4H2,1H3,(H3,7,8,9). The average molecular weight is 177 g/mol. The molecule has 1 unspecified atom stereocenters. The molecule has 5 heteroatoms. The van der Waals surface area contributed by atoms with Crippen molar-refractivity contribution < 1.29 is 5.11 Å². The summed E-state index contributed by atoms with van der Waals surface area (Å²) in [6.45, 7) is 2.47. The highest BCUT2D eigenvalue weighted by Gasteiger charge is 1.98. The molecule has 0 fully saturated rings. The Kier molecular flexibility index (Phi) is 6.06. The maximum absolute atomic E-state index is 8.62. The molecular weight excluding hydrogens is 162 g/mol. The molecule has 0 spiro atoms. The highest BCUT2D eigenvalue weighted by molar-refractivity contribution is 7.80. The van der Waals surface area contributed by atoms with Crippen molar-refractivity contribution in [2.24, 2.45) is 10.7 Å². The van der Waals surface area contributed by atoms with Crippen LogP contribution in [0.15, 0.2) is 4.99 Å². The van der Waals surface area contributed by atoms with Gasteiger partial charge in [-0.15, -0.1) is 0 Å². The van der Waals surface area contributed by atoms with Gasteiger partial charge >= 0.3 is 0 Å². The second-order valence-electron chi connectivity index (χ2n) is 2.22. The Morgan fingerprint density at radius 3 is 2.91 bits per heavy atom. The van der Waals surface area contributed by atoms with Crippen LogP contribution in [0.3, 0.4) is 0 Å². The number of aliphatic imine (C=N–C) groups is 1. The van der Waals surface area contributed by atoms with Crippen molar-refractivity contribution in [1.29, 1.82) is 0 Å². The molecule has 0 amide bonds. The first-order chi connectivity index (χ1) is 5.20. The fraction of sp³-hybridized carbons (Fsp3) is 0.833. The van der Waals surface area contributed by atoms with Crippen molar-refractivity contribution in [3.8, 4) is 0 Å². The number of thiol groups is 1. The second kappa shape index (κ2) is 6.30. The summed E-state index contributed by atoms with van der Waals surface area (Å²) >= 11 is 3.97. The van der Waals surface area contributed by atoms with Gasteiger partial charge in [-0.3, -0.25) is 4.99 Å². The molecule has 0 heterocycles. The number of hydrogen-bond acceptors (Lipinski definition) is 3. The highest BCUT2D eigenvalue weighted by atomic mass is 32.1. The summed E-state index contributed by atoms with van der Waals surface area (Å²) in [6.07, 6.45) is 0. The lowest BCUT2D eigenvalue weighted by atomic mass is 10.4. The normalized spacial score (nSPS) is 14.6. The third-order valence-corrected chi connectivity index (χ3v) is 1.25. The molecule has 0 rings (SSSR count). The molecule has 0 aliphatic carbocycles. The van der Waals surface area contributed by atoms with Crippen LogP contribution in [0.2, 0.25) is 0 Å². The van der Waals surface area contributed by atoms with E-state index in [4.69, 9.17) is 10.8 Å². The Morgan fingerprint density at radius 2 is 2.45 bits per heavy atom. The Bertz CT molecular complexity index is 129. The number of aliphatic hydroxyl groups is 1. The van der Waals surface area contributed by atoms with Crippen LogP contribution < -0.4 is 11.1 Å². The molecule has 11 heavy (non-hydrogen) atoms. The van der Waals surface area contributed by atoms with E-state index in [9.17, 15) is 0 Å². The summed E-state index contributed by atoms with van der Waals surface area (Å²) < 4.78 is 0. The first kappa shape index (κ1) is 10.6. The molecule has 0 aromatic rings. The van der Waals surface area contributed by atoms with Crippen LogP contribution in [0.4, 0.5) is 0 Å². The van der Waals surface area contributed by atoms with Gasteiger partial charge in [0.25, 0.3) is 0 Å². The lowest BCUT2D eigenvalue weighted by molar-refractivity contribution is 0.264. The van der Waals surface area contributed by atoms with Gasteiger partial charge in [0.2, 0.25) is 0 Å². The quantitative estimate of drug-likeness (QED) is 0.258. The molecule has 0 aromatic heterocycles. The smallest absolute Gasteiger partial charge is 0.188 e. The van der Waals surface area contributed by atoms with Gasteiger partial charge in [0.05, 0.1) is 13.2 Å². The van der Waals surface area contributed by atoms with Gasteiger partial charge in [-0.1, -0.05) is 0 Å². The molecule has 0 saturated heterocycles. The lowest BCUT2D eigenvalue weighted by Gasteiger charge is -2.10. The third kappa shape index (κ3) is 6.00. The summed E-state index contributed by atoms with van der Waals surface area (Å²) in [5, 5.41) is 11.4. The van der Waals surface area contributed by atoms with Gasteiger partial charge in [-0.05, 0) is 6.92 Å². The van der Waals surface area contributed by atoms with Crippen molar-refractivity contribution in [2.75, 3.05) is 18.9 Å². The Morgan fingerprint density at radius 1 is 1.82 bits per heavy atom. The van der Waals surface area contributed by atoms with Gasteiger partial charge < -0.3 is 16.2 Å².